The van der Waals surface area contributed by atoms with Gasteiger partial charge in [0, 0.05) is 50.2 Å². The number of likely N-dealkylation sites (N-methyl/N-ethyl adjacent to an activating group) is 1. The molecule has 1 aliphatic rings. The highest BCUT2D eigenvalue weighted by Crippen LogP contribution is 2.28. The van der Waals surface area contributed by atoms with Gasteiger partial charge in [0.1, 0.15) is 5.75 Å². The highest BCUT2D eigenvalue weighted by atomic mass is 32.2. The molecule has 1 saturated heterocycles. The summed E-state index contributed by atoms with van der Waals surface area (Å²) in [5.41, 5.74) is 3.57. The van der Waals surface area contributed by atoms with Gasteiger partial charge in [-0.1, -0.05) is 29.8 Å². The number of aromatic nitrogens is 1. The number of carbonyl (C=O) groups is 1. The average molecular weight is 510 g/mol. The monoisotopic (exact) mass is 509 g/mol. The van der Waals surface area contributed by atoms with E-state index in [2.05, 4.69) is 24.8 Å². The van der Waals surface area contributed by atoms with Crippen LogP contribution >= 0.6 is 0 Å². The summed E-state index contributed by atoms with van der Waals surface area (Å²) < 4.78 is 27.7. The lowest BCUT2D eigenvalue weighted by Crippen LogP contribution is -2.46. The summed E-state index contributed by atoms with van der Waals surface area (Å²) in [4.78, 5) is 21.4. The lowest BCUT2D eigenvalue weighted by molar-refractivity contribution is 0.102. The van der Waals surface area contributed by atoms with Gasteiger partial charge >= 0.3 is 0 Å². The van der Waals surface area contributed by atoms with Crippen molar-refractivity contribution >= 4 is 27.3 Å². The molecule has 1 aliphatic heterocycles. The minimum Gasteiger partial charge on any atom is -0.506 e. The van der Waals surface area contributed by atoms with Crippen LogP contribution in [-0.2, 0) is 10.0 Å². The number of phenols is 1. The maximum Gasteiger partial charge on any atom is 0.257 e. The molecule has 0 saturated carbocycles. The first kappa shape index (κ1) is 25.6. The Morgan fingerprint density at radius 1 is 1.03 bits per heavy atom. The number of hydrogen-bond donors (Lipinski definition) is 3. The summed E-state index contributed by atoms with van der Waals surface area (Å²) >= 11 is 0. The molecule has 3 aromatic rings. The molecule has 0 spiro atoms. The van der Waals surface area contributed by atoms with E-state index in [1.54, 1.807) is 12.1 Å². The second kappa shape index (κ2) is 11.1. The Kier molecular flexibility index (Phi) is 7.88. The normalized spacial score (nSPS) is 14.9. The topological polar surface area (TPSA) is 115 Å². The van der Waals surface area contributed by atoms with Crippen LogP contribution in [0.2, 0.25) is 0 Å². The zero-order valence-electron chi connectivity index (χ0n) is 20.4. The molecule has 2 aromatic carbocycles. The van der Waals surface area contributed by atoms with Crippen molar-refractivity contribution in [3.8, 4) is 17.0 Å². The molecule has 0 unspecified atom stereocenters. The van der Waals surface area contributed by atoms with Gasteiger partial charge < -0.3 is 15.3 Å². The van der Waals surface area contributed by atoms with Gasteiger partial charge in [-0.15, -0.1) is 0 Å². The van der Waals surface area contributed by atoms with Crippen molar-refractivity contribution in [1.82, 2.24) is 14.8 Å². The van der Waals surface area contributed by atoms with Crippen LogP contribution in [0.3, 0.4) is 0 Å². The number of aryl methyl sites for hydroxylation is 1. The zero-order chi connectivity index (χ0) is 25.7. The Labute approximate surface area is 211 Å². The van der Waals surface area contributed by atoms with Crippen LogP contribution in [-0.4, -0.2) is 79.7 Å². The van der Waals surface area contributed by atoms with Crippen molar-refractivity contribution in [3.63, 3.8) is 0 Å². The lowest BCUT2D eigenvalue weighted by Gasteiger charge is -2.32. The molecule has 0 radical (unpaired) electrons. The molecule has 0 atom stereocenters. The Hall–Kier alpha value is -3.47. The van der Waals surface area contributed by atoms with Crippen LogP contribution in [0, 0.1) is 6.92 Å². The summed E-state index contributed by atoms with van der Waals surface area (Å²) in [6.07, 6.45) is 1.49. The number of nitrogens with one attached hydrogen (secondary N) is 2. The number of amides is 1. The maximum atomic E-state index is 12.7. The fraction of sp³-hybridized carbons (Fsp3) is 0.308. The molecule has 2 heterocycles. The number of aromatic hydroxyl groups is 1. The number of pyridine rings is 1. The van der Waals surface area contributed by atoms with E-state index in [1.165, 1.54) is 24.4 Å². The number of piperazine rings is 1. The first-order valence-corrected chi connectivity index (χ1v) is 13.4. The Morgan fingerprint density at radius 3 is 2.42 bits per heavy atom. The van der Waals surface area contributed by atoms with Crippen LogP contribution in [0.5, 0.6) is 5.75 Å². The van der Waals surface area contributed by atoms with Crippen LogP contribution in [0.15, 0.2) is 60.8 Å². The van der Waals surface area contributed by atoms with Crippen molar-refractivity contribution in [3.05, 3.63) is 71.9 Å². The van der Waals surface area contributed by atoms with Gasteiger partial charge in [-0.05, 0) is 44.3 Å². The summed E-state index contributed by atoms with van der Waals surface area (Å²) in [7, 11) is -1.65. The molecule has 10 heteroatoms. The van der Waals surface area contributed by atoms with E-state index in [0.717, 1.165) is 43.0 Å². The van der Waals surface area contributed by atoms with Crippen molar-refractivity contribution in [1.29, 1.82) is 0 Å². The maximum absolute atomic E-state index is 12.7. The quantitative estimate of drug-likeness (QED) is 0.316. The van der Waals surface area contributed by atoms with Gasteiger partial charge in [0.25, 0.3) is 5.91 Å². The van der Waals surface area contributed by atoms with E-state index in [4.69, 9.17) is 0 Å². The third kappa shape index (κ3) is 6.81. The molecule has 9 nitrogen and oxygen atoms in total. The number of sulfonamides is 1. The summed E-state index contributed by atoms with van der Waals surface area (Å²) in [6, 6.07) is 15.6. The SMILES string of the molecule is Cc1ccc(-c2ccc(C(=O)Nc3ccc(O)c(NS(=O)(=O)CCN4CCN(C)CC4)c3)cn2)cc1. The van der Waals surface area contributed by atoms with Gasteiger partial charge in [0.2, 0.25) is 10.0 Å². The molecule has 1 fully saturated rings. The minimum atomic E-state index is -3.69. The first-order valence-electron chi connectivity index (χ1n) is 11.8. The highest BCUT2D eigenvalue weighted by Gasteiger charge is 2.19. The predicted molar refractivity (Wildman–Crippen MR) is 142 cm³/mol. The highest BCUT2D eigenvalue weighted by molar-refractivity contribution is 7.92. The molecular formula is C26H31N5O4S. The summed E-state index contributed by atoms with van der Waals surface area (Å²) in [6.45, 7) is 5.87. The number of nitrogens with zero attached hydrogens (tertiary/aromatic N) is 3. The third-order valence-electron chi connectivity index (χ3n) is 6.17. The van der Waals surface area contributed by atoms with E-state index in [0.29, 0.717) is 17.8 Å². The second-order valence-corrected chi connectivity index (χ2v) is 10.9. The molecule has 0 bridgehead atoms. The molecule has 190 valence electrons. The second-order valence-electron chi connectivity index (χ2n) is 9.05. The van der Waals surface area contributed by atoms with Crippen LogP contribution < -0.4 is 10.0 Å². The molecule has 0 aliphatic carbocycles. The van der Waals surface area contributed by atoms with Crippen molar-refractivity contribution in [2.75, 3.05) is 55.6 Å². The van der Waals surface area contributed by atoms with Crippen LogP contribution in [0.25, 0.3) is 11.3 Å². The molecule has 3 N–H and O–H groups in total. The van der Waals surface area contributed by atoms with E-state index in [-0.39, 0.29) is 17.2 Å². The molecule has 1 amide bonds. The van der Waals surface area contributed by atoms with E-state index >= 15 is 0 Å². The largest absolute Gasteiger partial charge is 0.506 e. The summed E-state index contributed by atoms with van der Waals surface area (Å²) in [5, 5.41) is 12.9. The fourth-order valence-electron chi connectivity index (χ4n) is 3.86. The predicted octanol–water partition coefficient (Wildman–Crippen LogP) is 3.00. The van der Waals surface area contributed by atoms with Gasteiger partial charge in [0.15, 0.2) is 0 Å². The number of hydrogen-bond acceptors (Lipinski definition) is 7. The molecule has 1 aromatic heterocycles. The first-order chi connectivity index (χ1) is 17.2. The van der Waals surface area contributed by atoms with E-state index in [9.17, 15) is 18.3 Å². The van der Waals surface area contributed by atoms with Gasteiger partial charge in [-0.2, -0.15) is 0 Å². The molecular weight excluding hydrogens is 478 g/mol. The number of rotatable bonds is 8. The van der Waals surface area contributed by atoms with Crippen LogP contribution in [0.1, 0.15) is 15.9 Å². The molecule has 36 heavy (non-hydrogen) atoms. The smallest absolute Gasteiger partial charge is 0.257 e. The average Bonchev–Trinajstić information content (AvgIpc) is 2.86. The standard InChI is InChI=1S/C26H31N5O4S/c1-19-3-5-20(6-4-19)23-9-7-21(18-27-23)26(33)28-22-8-10-25(32)24(17-22)29-36(34,35)16-15-31-13-11-30(2)12-14-31/h3-10,17-18,29,32H,11-16H2,1-2H3,(H,28,33). The van der Waals surface area contributed by atoms with E-state index in [1.807, 2.05) is 38.2 Å². The van der Waals surface area contributed by atoms with Crippen molar-refractivity contribution < 1.29 is 18.3 Å². The lowest BCUT2D eigenvalue weighted by atomic mass is 10.1. The Balaban J connectivity index is 1.38. The van der Waals surface area contributed by atoms with Crippen LogP contribution in [0.4, 0.5) is 11.4 Å². The third-order valence-corrected chi connectivity index (χ3v) is 7.42. The van der Waals surface area contributed by atoms with Gasteiger partial charge in [-0.25, -0.2) is 8.42 Å². The van der Waals surface area contributed by atoms with Gasteiger partial charge in [-0.3, -0.25) is 19.4 Å². The number of benzene rings is 2. The Bertz CT molecular complexity index is 1300. The number of anilines is 2. The number of phenolic OH excluding ortho intramolecular Hbond substituents is 1. The zero-order valence-corrected chi connectivity index (χ0v) is 21.3. The summed E-state index contributed by atoms with van der Waals surface area (Å²) in [5.74, 6) is -0.709. The fourth-order valence-corrected chi connectivity index (χ4v) is 4.96. The van der Waals surface area contributed by atoms with Gasteiger partial charge in [0.05, 0.1) is 22.7 Å². The van der Waals surface area contributed by atoms with Crippen molar-refractivity contribution in [2.24, 2.45) is 0 Å². The minimum absolute atomic E-state index is 0.0130. The Morgan fingerprint density at radius 2 is 1.75 bits per heavy atom. The van der Waals surface area contributed by atoms with Crippen molar-refractivity contribution in [2.45, 2.75) is 6.92 Å². The number of carbonyl (C=O) groups excluding carboxylic acids is 1. The van der Waals surface area contributed by atoms with E-state index < -0.39 is 15.9 Å². The molecule has 4 rings (SSSR count).